The fourth-order valence-electron chi connectivity index (χ4n) is 3.09. The molecule has 0 aromatic carbocycles. The first kappa shape index (κ1) is 22.4. The van der Waals surface area contributed by atoms with Crippen LogP contribution < -0.4 is 14.2 Å². The molecule has 0 aliphatic carbocycles. The number of alkyl halides is 3. The SMILES string of the molecule is Cn1cc(O[C@@H]2CN(C(=O)c3coc(COc4ccc(OC(F)(F)F)nc4)n3)C[C@H]2O)cn1. The summed E-state index contributed by atoms with van der Waals surface area (Å²) >= 11 is 0. The van der Waals surface area contributed by atoms with Crippen molar-refractivity contribution < 1.29 is 41.7 Å². The molecule has 33 heavy (non-hydrogen) atoms. The van der Waals surface area contributed by atoms with E-state index in [9.17, 15) is 23.1 Å². The molecule has 11 nitrogen and oxygen atoms in total. The zero-order valence-corrected chi connectivity index (χ0v) is 17.1. The number of ether oxygens (including phenoxy) is 3. The van der Waals surface area contributed by atoms with Crippen LogP contribution in [0.15, 0.2) is 41.4 Å². The maximum Gasteiger partial charge on any atom is 0.574 e. The number of aliphatic hydroxyl groups is 1. The molecule has 1 aliphatic rings. The number of aliphatic hydroxyl groups excluding tert-OH is 1. The van der Waals surface area contributed by atoms with E-state index >= 15 is 0 Å². The van der Waals surface area contributed by atoms with E-state index in [1.165, 1.54) is 17.2 Å². The summed E-state index contributed by atoms with van der Waals surface area (Å²) in [7, 11) is 1.73. The van der Waals surface area contributed by atoms with Crippen LogP contribution in [0.3, 0.4) is 0 Å². The molecule has 3 aromatic rings. The van der Waals surface area contributed by atoms with E-state index in [4.69, 9.17) is 13.9 Å². The molecule has 1 fully saturated rings. The highest BCUT2D eigenvalue weighted by molar-refractivity contribution is 5.92. The van der Waals surface area contributed by atoms with E-state index in [-0.39, 0.29) is 37.0 Å². The van der Waals surface area contributed by atoms with Crippen LogP contribution in [0.25, 0.3) is 0 Å². The minimum atomic E-state index is -4.84. The van der Waals surface area contributed by atoms with Gasteiger partial charge in [-0.15, -0.1) is 13.2 Å². The van der Waals surface area contributed by atoms with E-state index in [1.807, 2.05) is 0 Å². The number of carbonyl (C=O) groups excluding carboxylic acids is 1. The molecule has 0 saturated carbocycles. The molecule has 0 spiro atoms. The Morgan fingerprint density at radius 1 is 1.27 bits per heavy atom. The molecule has 3 aromatic heterocycles. The lowest BCUT2D eigenvalue weighted by atomic mass is 10.3. The highest BCUT2D eigenvalue weighted by Gasteiger charge is 2.37. The molecule has 176 valence electrons. The number of hydrogen-bond acceptors (Lipinski definition) is 9. The van der Waals surface area contributed by atoms with Crippen LogP contribution in [0.4, 0.5) is 13.2 Å². The fourth-order valence-corrected chi connectivity index (χ4v) is 3.09. The monoisotopic (exact) mass is 469 g/mol. The lowest BCUT2D eigenvalue weighted by Crippen LogP contribution is -2.31. The fraction of sp³-hybridized carbons (Fsp3) is 0.368. The summed E-state index contributed by atoms with van der Waals surface area (Å²) in [6.07, 6.45) is -0.996. The van der Waals surface area contributed by atoms with Gasteiger partial charge in [-0.1, -0.05) is 0 Å². The number of nitrogens with zero attached hydrogens (tertiary/aromatic N) is 5. The second-order valence-corrected chi connectivity index (χ2v) is 7.08. The predicted octanol–water partition coefficient (Wildman–Crippen LogP) is 1.54. The second-order valence-electron chi connectivity index (χ2n) is 7.08. The number of hydrogen-bond donors (Lipinski definition) is 1. The highest BCUT2D eigenvalue weighted by atomic mass is 19.4. The van der Waals surface area contributed by atoms with Crippen LogP contribution in [0, 0.1) is 0 Å². The summed E-state index contributed by atoms with van der Waals surface area (Å²) in [5.41, 5.74) is 0.00915. The number of likely N-dealkylation sites (tertiary alicyclic amines) is 1. The zero-order chi connectivity index (χ0) is 23.6. The Bertz CT molecular complexity index is 1100. The smallest absolute Gasteiger partial charge is 0.482 e. The number of pyridine rings is 1. The first-order valence-electron chi connectivity index (χ1n) is 9.58. The normalized spacial score (nSPS) is 18.4. The van der Waals surface area contributed by atoms with E-state index < -0.39 is 30.4 Å². The summed E-state index contributed by atoms with van der Waals surface area (Å²) in [6.45, 7) is 0.00980. The van der Waals surface area contributed by atoms with Crippen LogP contribution >= 0.6 is 0 Å². The minimum absolute atomic E-state index is 0.00915. The number of halogens is 3. The third-order valence-corrected chi connectivity index (χ3v) is 4.56. The number of oxazole rings is 1. The van der Waals surface area contributed by atoms with Gasteiger partial charge in [-0.2, -0.15) is 5.10 Å². The number of aryl methyl sites for hydroxylation is 1. The molecule has 0 radical (unpaired) electrons. The molecule has 1 amide bonds. The summed E-state index contributed by atoms with van der Waals surface area (Å²) in [5.74, 6) is -0.399. The van der Waals surface area contributed by atoms with Crippen molar-refractivity contribution in [3.05, 3.63) is 48.6 Å². The average molecular weight is 469 g/mol. The molecule has 1 saturated heterocycles. The molecular weight excluding hydrogens is 451 g/mol. The van der Waals surface area contributed by atoms with Gasteiger partial charge in [-0.25, -0.2) is 9.97 Å². The lowest BCUT2D eigenvalue weighted by molar-refractivity contribution is -0.276. The Hall–Kier alpha value is -3.81. The minimum Gasteiger partial charge on any atom is -0.482 e. The van der Waals surface area contributed by atoms with Crippen LogP contribution in [-0.4, -0.2) is 67.3 Å². The molecule has 0 bridgehead atoms. The largest absolute Gasteiger partial charge is 0.574 e. The van der Waals surface area contributed by atoms with E-state index in [0.29, 0.717) is 5.75 Å². The quantitative estimate of drug-likeness (QED) is 0.549. The lowest BCUT2D eigenvalue weighted by Gasteiger charge is -2.15. The molecular formula is C19H18F3N5O6. The van der Waals surface area contributed by atoms with Gasteiger partial charge in [-0.3, -0.25) is 9.48 Å². The van der Waals surface area contributed by atoms with Crippen LogP contribution in [-0.2, 0) is 13.7 Å². The highest BCUT2D eigenvalue weighted by Crippen LogP contribution is 2.23. The molecule has 1 N–H and O–H groups in total. The number of carbonyl (C=O) groups is 1. The Kier molecular flexibility index (Phi) is 6.09. The number of aromatic nitrogens is 4. The number of β-amino-alcohol motifs (C(OH)–C–C–N with tert-alkyl or cyclic N) is 1. The Morgan fingerprint density at radius 3 is 2.76 bits per heavy atom. The van der Waals surface area contributed by atoms with Crippen LogP contribution in [0.5, 0.6) is 17.4 Å². The van der Waals surface area contributed by atoms with Crippen molar-refractivity contribution in [2.75, 3.05) is 13.1 Å². The summed E-state index contributed by atoms with van der Waals surface area (Å²) in [4.78, 5) is 21.6. The van der Waals surface area contributed by atoms with Gasteiger partial charge in [0.1, 0.15) is 24.2 Å². The molecule has 14 heteroatoms. The molecule has 4 rings (SSSR count). The standard InChI is InChI=1S/C19H18F3N5O6/c1-26-6-12(5-24-26)32-15-8-27(7-14(15)28)18(29)13-9-31-17(25-13)10-30-11-2-3-16(23-4-11)33-19(20,21)22/h2-6,9,14-15,28H,7-8,10H2,1H3/t14-,15-/m1/s1. The van der Waals surface area contributed by atoms with Gasteiger partial charge >= 0.3 is 6.36 Å². The maximum atomic E-state index is 12.7. The van der Waals surface area contributed by atoms with Crippen molar-refractivity contribution in [3.8, 4) is 17.4 Å². The first-order chi connectivity index (χ1) is 15.7. The average Bonchev–Trinajstić information content (AvgIpc) is 3.47. The van der Waals surface area contributed by atoms with Gasteiger partial charge in [0, 0.05) is 13.1 Å². The van der Waals surface area contributed by atoms with Crippen LogP contribution in [0.2, 0.25) is 0 Å². The molecule has 1 aliphatic heterocycles. The maximum absolute atomic E-state index is 12.7. The van der Waals surface area contributed by atoms with Crippen molar-refractivity contribution in [2.24, 2.45) is 7.05 Å². The first-order valence-corrected chi connectivity index (χ1v) is 9.58. The van der Waals surface area contributed by atoms with Crippen LogP contribution in [0.1, 0.15) is 16.4 Å². The van der Waals surface area contributed by atoms with Crippen molar-refractivity contribution >= 4 is 5.91 Å². The Labute approximate surface area is 184 Å². The Morgan fingerprint density at radius 2 is 2.09 bits per heavy atom. The Balaban J connectivity index is 1.30. The number of rotatable bonds is 7. The van der Waals surface area contributed by atoms with E-state index in [1.54, 1.807) is 17.9 Å². The van der Waals surface area contributed by atoms with Gasteiger partial charge in [0.2, 0.25) is 11.8 Å². The zero-order valence-electron chi connectivity index (χ0n) is 17.1. The van der Waals surface area contributed by atoms with Gasteiger partial charge in [-0.05, 0) is 6.07 Å². The van der Waals surface area contributed by atoms with E-state index in [2.05, 4.69) is 19.8 Å². The summed E-state index contributed by atoms with van der Waals surface area (Å²) in [5, 5.41) is 14.2. The molecule has 4 heterocycles. The molecule has 0 unspecified atom stereocenters. The third-order valence-electron chi connectivity index (χ3n) is 4.56. The van der Waals surface area contributed by atoms with Gasteiger partial charge < -0.3 is 28.6 Å². The third kappa shape index (κ3) is 5.71. The van der Waals surface area contributed by atoms with Crippen molar-refractivity contribution in [3.63, 3.8) is 0 Å². The van der Waals surface area contributed by atoms with Crippen molar-refractivity contribution in [1.82, 2.24) is 24.6 Å². The second kappa shape index (κ2) is 8.97. The van der Waals surface area contributed by atoms with Gasteiger partial charge in [0.25, 0.3) is 5.91 Å². The number of amides is 1. The summed E-state index contributed by atoms with van der Waals surface area (Å²) < 4.78 is 58.0. The predicted molar refractivity (Wildman–Crippen MR) is 101 cm³/mol. The van der Waals surface area contributed by atoms with Crippen molar-refractivity contribution in [2.45, 2.75) is 25.2 Å². The van der Waals surface area contributed by atoms with Crippen molar-refractivity contribution in [1.29, 1.82) is 0 Å². The topological polar surface area (TPSA) is 125 Å². The molecule has 2 atom stereocenters. The van der Waals surface area contributed by atoms with Gasteiger partial charge in [0.05, 0.1) is 31.7 Å². The summed E-state index contributed by atoms with van der Waals surface area (Å²) in [6, 6.07) is 2.23. The van der Waals surface area contributed by atoms with E-state index in [0.717, 1.165) is 18.5 Å². The van der Waals surface area contributed by atoms with Gasteiger partial charge in [0.15, 0.2) is 18.1 Å².